The molecule has 0 aliphatic rings. The van der Waals surface area contributed by atoms with Crippen LogP contribution in [-0.2, 0) is 15.5 Å². The minimum atomic E-state index is -3.74. The number of hydrogen-bond acceptors (Lipinski definition) is 2. The SMILES string of the molecule is CC(C(C(=O)O)c1ccccc1)P(=O)(O)Cc1ccc2ccccc2c1. The Morgan fingerprint density at radius 3 is 2.23 bits per heavy atom. The number of aliphatic carboxylic acids is 1. The molecule has 0 spiro atoms. The summed E-state index contributed by atoms with van der Waals surface area (Å²) >= 11 is 0. The summed E-state index contributed by atoms with van der Waals surface area (Å²) in [5.41, 5.74) is 0.382. The van der Waals surface area contributed by atoms with E-state index in [4.69, 9.17) is 0 Å². The third kappa shape index (κ3) is 3.87. The van der Waals surface area contributed by atoms with Crippen molar-refractivity contribution in [1.29, 1.82) is 0 Å². The fourth-order valence-corrected chi connectivity index (χ4v) is 5.04. The molecule has 26 heavy (non-hydrogen) atoms. The van der Waals surface area contributed by atoms with Gasteiger partial charge < -0.3 is 10.00 Å². The number of carboxylic acids is 1. The van der Waals surface area contributed by atoms with Crippen LogP contribution in [0.3, 0.4) is 0 Å². The maximum absolute atomic E-state index is 13.0. The molecule has 3 atom stereocenters. The molecule has 0 fully saturated rings. The van der Waals surface area contributed by atoms with Crippen LogP contribution in [0.25, 0.3) is 10.8 Å². The monoisotopic (exact) mass is 368 g/mol. The quantitative estimate of drug-likeness (QED) is 0.609. The molecule has 0 aromatic heterocycles. The Kier molecular flexibility index (Phi) is 5.26. The zero-order valence-corrected chi connectivity index (χ0v) is 15.3. The lowest BCUT2D eigenvalue weighted by molar-refractivity contribution is -0.138. The molecule has 3 rings (SSSR count). The van der Waals surface area contributed by atoms with Gasteiger partial charge in [-0.05, 0) is 21.9 Å². The summed E-state index contributed by atoms with van der Waals surface area (Å²) in [6.45, 7) is 1.55. The number of fused-ring (bicyclic) bond motifs is 1. The van der Waals surface area contributed by atoms with Gasteiger partial charge in [-0.3, -0.25) is 9.36 Å². The molecule has 0 amide bonds. The van der Waals surface area contributed by atoms with Crippen LogP contribution >= 0.6 is 7.37 Å². The molecule has 0 saturated heterocycles. The van der Waals surface area contributed by atoms with Crippen molar-refractivity contribution in [3.05, 3.63) is 83.9 Å². The lowest BCUT2D eigenvalue weighted by Gasteiger charge is -2.25. The largest absolute Gasteiger partial charge is 0.481 e. The normalized spacial score (nSPS) is 15.9. The molecule has 3 aromatic rings. The van der Waals surface area contributed by atoms with E-state index >= 15 is 0 Å². The first kappa shape index (κ1) is 18.4. The highest BCUT2D eigenvalue weighted by Gasteiger charge is 2.38. The smallest absolute Gasteiger partial charge is 0.311 e. The standard InChI is InChI=1S/C21H21O4P/c1-15(20(21(22)23)18-8-3-2-4-9-18)26(24,25)14-16-11-12-17-7-5-6-10-19(17)13-16/h2-13,15,20H,14H2,1H3,(H,22,23)(H,24,25). The Labute approximate surface area is 152 Å². The second-order valence-electron chi connectivity index (χ2n) is 6.56. The van der Waals surface area contributed by atoms with Crippen LogP contribution in [0, 0.1) is 0 Å². The minimum absolute atomic E-state index is 0.0460. The maximum Gasteiger partial charge on any atom is 0.311 e. The van der Waals surface area contributed by atoms with Gasteiger partial charge >= 0.3 is 5.97 Å². The van der Waals surface area contributed by atoms with Crippen molar-refractivity contribution in [2.24, 2.45) is 0 Å². The topological polar surface area (TPSA) is 74.6 Å². The summed E-state index contributed by atoms with van der Waals surface area (Å²) in [4.78, 5) is 22.5. The van der Waals surface area contributed by atoms with Crippen LogP contribution < -0.4 is 0 Å². The molecule has 5 heteroatoms. The lowest BCUT2D eigenvalue weighted by atomic mass is 9.96. The van der Waals surface area contributed by atoms with E-state index in [1.165, 1.54) is 0 Å². The Morgan fingerprint density at radius 2 is 1.58 bits per heavy atom. The molecule has 134 valence electrons. The van der Waals surface area contributed by atoms with Crippen LogP contribution in [0.15, 0.2) is 72.8 Å². The van der Waals surface area contributed by atoms with Gasteiger partial charge in [0.25, 0.3) is 0 Å². The van der Waals surface area contributed by atoms with Gasteiger partial charge in [0, 0.05) is 6.16 Å². The molecule has 3 aromatic carbocycles. The van der Waals surface area contributed by atoms with Gasteiger partial charge in [0.15, 0.2) is 0 Å². The van der Waals surface area contributed by atoms with E-state index in [9.17, 15) is 19.4 Å². The Balaban J connectivity index is 1.89. The van der Waals surface area contributed by atoms with Crippen molar-refractivity contribution >= 4 is 24.1 Å². The lowest BCUT2D eigenvalue weighted by Crippen LogP contribution is -2.24. The van der Waals surface area contributed by atoms with Gasteiger partial charge in [-0.2, -0.15) is 0 Å². The van der Waals surface area contributed by atoms with E-state index in [1.54, 1.807) is 37.3 Å². The summed E-state index contributed by atoms with van der Waals surface area (Å²) in [6, 6.07) is 22.1. The first-order valence-corrected chi connectivity index (χ1v) is 10.4. The van der Waals surface area contributed by atoms with Gasteiger partial charge in [-0.1, -0.05) is 79.7 Å². The molecular weight excluding hydrogens is 347 g/mol. The van der Waals surface area contributed by atoms with E-state index in [-0.39, 0.29) is 6.16 Å². The van der Waals surface area contributed by atoms with Gasteiger partial charge in [0.2, 0.25) is 7.37 Å². The molecule has 4 nitrogen and oxygen atoms in total. The molecule has 0 aliphatic carbocycles. The van der Waals surface area contributed by atoms with Gasteiger partial charge in [0.05, 0.1) is 11.6 Å². The summed E-state index contributed by atoms with van der Waals surface area (Å²) in [6.07, 6.45) is -0.0460. The van der Waals surface area contributed by atoms with Crippen LogP contribution in [0.1, 0.15) is 24.0 Å². The van der Waals surface area contributed by atoms with Crippen LogP contribution in [-0.4, -0.2) is 21.6 Å². The zero-order chi connectivity index (χ0) is 18.7. The summed E-state index contributed by atoms with van der Waals surface area (Å²) in [5, 5.41) is 11.7. The highest BCUT2D eigenvalue weighted by Crippen LogP contribution is 2.54. The Morgan fingerprint density at radius 1 is 0.962 bits per heavy atom. The summed E-state index contributed by atoms with van der Waals surface area (Å²) < 4.78 is 13.0. The number of benzene rings is 3. The zero-order valence-electron chi connectivity index (χ0n) is 14.4. The highest BCUT2D eigenvalue weighted by atomic mass is 31.2. The van der Waals surface area contributed by atoms with Crippen molar-refractivity contribution in [1.82, 2.24) is 0 Å². The second-order valence-corrected chi connectivity index (χ2v) is 9.20. The van der Waals surface area contributed by atoms with Crippen LogP contribution in [0.4, 0.5) is 0 Å². The fourth-order valence-electron chi connectivity index (χ4n) is 3.26. The molecule has 2 N–H and O–H groups in total. The number of hydrogen-bond donors (Lipinski definition) is 2. The van der Waals surface area contributed by atoms with Crippen molar-refractivity contribution in [2.45, 2.75) is 24.7 Å². The third-order valence-electron chi connectivity index (χ3n) is 4.77. The van der Waals surface area contributed by atoms with E-state index in [1.807, 2.05) is 42.5 Å². The molecule has 0 aliphatic heterocycles. The van der Waals surface area contributed by atoms with Crippen molar-refractivity contribution in [3.63, 3.8) is 0 Å². The highest BCUT2D eigenvalue weighted by molar-refractivity contribution is 7.58. The Bertz CT molecular complexity index is 968. The van der Waals surface area contributed by atoms with Gasteiger partial charge in [-0.15, -0.1) is 0 Å². The minimum Gasteiger partial charge on any atom is -0.481 e. The number of carboxylic acid groups (broad SMARTS) is 1. The second kappa shape index (κ2) is 7.45. The summed E-state index contributed by atoms with van der Waals surface area (Å²) in [7, 11) is -3.74. The average molecular weight is 368 g/mol. The van der Waals surface area contributed by atoms with E-state index in [0.717, 1.165) is 16.3 Å². The maximum atomic E-state index is 13.0. The molecule has 0 bridgehead atoms. The first-order valence-electron chi connectivity index (χ1n) is 8.45. The van der Waals surface area contributed by atoms with E-state index in [2.05, 4.69) is 0 Å². The Hall–Kier alpha value is -2.42. The number of carbonyl (C=O) groups is 1. The van der Waals surface area contributed by atoms with Crippen molar-refractivity contribution < 1.29 is 19.4 Å². The van der Waals surface area contributed by atoms with Crippen LogP contribution in [0.5, 0.6) is 0 Å². The molecular formula is C21H21O4P. The van der Waals surface area contributed by atoms with Crippen LogP contribution in [0.2, 0.25) is 0 Å². The van der Waals surface area contributed by atoms with Crippen molar-refractivity contribution in [3.8, 4) is 0 Å². The predicted octanol–water partition coefficient (Wildman–Crippen LogP) is 4.87. The van der Waals surface area contributed by atoms with Gasteiger partial charge in [0.1, 0.15) is 0 Å². The van der Waals surface area contributed by atoms with E-state index in [0.29, 0.717) is 5.56 Å². The van der Waals surface area contributed by atoms with Crippen molar-refractivity contribution in [2.75, 3.05) is 0 Å². The number of rotatable bonds is 6. The third-order valence-corrected chi connectivity index (χ3v) is 7.16. The molecule has 0 heterocycles. The first-order chi connectivity index (χ1) is 12.4. The fraction of sp³-hybridized carbons (Fsp3) is 0.190. The van der Waals surface area contributed by atoms with E-state index < -0.39 is 24.9 Å². The molecule has 3 unspecified atom stereocenters. The average Bonchev–Trinajstić information content (AvgIpc) is 2.62. The molecule has 0 saturated carbocycles. The summed E-state index contributed by atoms with van der Waals surface area (Å²) in [5.74, 6) is -2.11. The predicted molar refractivity (Wildman–Crippen MR) is 104 cm³/mol. The van der Waals surface area contributed by atoms with Gasteiger partial charge in [-0.25, -0.2) is 0 Å². The molecule has 0 radical (unpaired) electrons.